The van der Waals surface area contributed by atoms with Gasteiger partial charge in [-0.25, -0.2) is 13.4 Å². The van der Waals surface area contributed by atoms with Gasteiger partial charge in [0.1, 0.15) is 5.76 Å². The van der Waals surface area contributed by atoms with Crippen molar-refractivity contribution in [3.8, 4) is 0 Å². The number of amides is 2. The number of fused-ring (bicyclic) bond motifs is 1. The van der Waals surface area contributed by atoms with Gasteiger partial charge in [0.15, 0.2) is 21.9 Å². The fraction of sp³-hybridized carbons (Fsp3) is 0.688. The van der Waals surface area contributed by atoms with Crippen molar-refractivity contribution in [2.24, 2.45) is 0 Å². The van der Waals surface area contributed by atoms with Gasteiger partial charge >= 0.3 is 0 Å². The quantitative estimate of drug-likeness (QED) is 0.767. The highest BCUT2D eigenvalue weighted by atomic mass is 32.2. The second-order valence-electron chi connectivity index (χ2n) is 6.99. The van der Waals surface area contributed by atoms with Crippen LogP contribution >= 0.6 is 0 Å². The van der Waals surface area contributed by atoms with Crippen LogP contribution in [0.15, 0.2) is 10.8 Å². The molecule has 2 amide bonds. The van der Waals surface area contributed by atoms with E-state index in [1.54, 1.807) is 16.7 Å². The molecule has 2 saturated heterocycles. The van der Waals surface area contributed by atoms with Crippen molar-refractivity contribution in [3.05, 3.63) is 17.8 Å². The van der Waals surface area contributed by atoms with E-state index in [-0.39, 0.29) is 29.2 Å². The van der Waals surface area contributed by atoms with Gasteiger partial charge in [-0.1, -0.05) is 6.92 Å². The van der Waals surface area contributed by atoms with Crippen LogP contribution in [-0.2, 0) is 14.6 Å². The number of oxazole rings is 1. The van der Waals surface area contributed by atoms with Crippen LogP contribution in [0, 0.1) is 0 Å². The van der Waals surface area contributed by atoms with E-state index in [2.05, 4.69) is 4.98 Å². The lowest BCUT2D eigenvalue weighted by Gasteiger charge is -2.43. The highest BCUT2D eigenvalue weighted by molar-refractivity contribution is 7.91. The van der Waals surface area contributed by atoms with Crippen molar-refractivity contribution in [3.63, 3.8) is 0 Å². The zero-order valence-corrected chi connectivity index (χ0v) is 14.9. The predicted octanol–water partition coefficient (Wildman–Crippen LogP) is 0.412. The first-order valence-electron chi connectivity index (χ1n) is 8.65. The summed E-state index contributed by atoms with van der Waals surface area (Å²) in [5, 5.41) is 0. The monoisotopic (exact) mass is 367 g/mol. The summed E-state index contributed by atoms with van der Waals surface area (Å²) >= 11 is 0. The van der Waals surface area contributed by atoms with Crippen LogP contribution in [0.4, 0.5) is 0 Å². The first-order chi connectivity index (χ1) is 11.9. The van der Waals surface area contributed by atoms with Gasteiger partial charge in [0.05, 0.1) is 23.6 Å². The summed E-state index contributed by atoms with van der Waals surface area (Å²) < 4.78 is 29.8. The minimum Gasteiger partial charge on any atom is -0.447 e. The molecule has 8 nitrogen and oxygen atoms in total. The van der Waals surface area contributed by atoms with Gasteiger partial charge < -0.3 is 14.2 Å². The summed E-state index contributed by atoms with van der Waals surface area (Å²) in [5.74, 6) is 0.308. The van der Waals surface area contributed by atoms with Crippen LogP contribution in [0.1, 0.15) is 48.4 Å². The number of carbonyl (C=O) groups excluding carboxylic acids is 2. The number of hydrogen-bond donors (Lipinski definition) is 0. The van der Waals surface area contributed by atoms with E-state index in [1.165, 1.54) is 6.39 Å². The minimum absolute atomic E-state index is 0.0701. The van der Waals surface area contributed by atoms with Gasteiger partial charge in [-0.2, -0.15) is 0 Å². The molecular weight excluding hydrogens is 346 g/mol. The maximum absolute atomic E-state index is 13.0. The molecule has 0 unspecified atom stereocenters. The zero-order valence-electron chi connectivity index (χ0n) is 14.1. The van der Waals surface area contributed by atoms with Crippen molar-refractivity contribution in [2.45, 2.75) is 44.2 Å². The molecule has 0 radical (unpaired) electrons. The highest BCUT2D eigenvalue weighted by Crippen LogP contribution is 2.42. The molecule has 3 aliphatic rings. The van der Waals surface area contributed by atoms with Crippen molar-refractivity contribution < 1.29 is 22.4 Å². The number of rotatable bonds is 3. The summed E-state index contributed by atoms with van der Waals surface area (Å²) in [6.07, 6.45) is 3.57. The molecule has 1 saturated carbocycles. The number of piperazine rings is 1. The molecule has 3 fully saturated rings. The molecule has 2 aliphatic heterocycles. The number of hydrogen-bond acceptors (Lipinski definition) is 6. The summed E-state index contributed by atoms with van der Waals surface area (Å²) in [5.41, 5.74) is 0.292. The van der Waals surface area contributed by atoms with E-state index in [0.717, 1.165) is 12.8 Å². The average molecular weight is 367 g/mol. The summed E-state index contributed by atoms with van der Waals surface area (Å²) in [6.45, 7) is 2.43. The molecule has 1 aromatic rings. The van der Waals surface area contributed by atoms with Gasteiger partial charge in [-0.05, 0) is 12.8 Å². The third-order valence-electron chi connectivity index (χ3n) is 5.31. The molecule has 0 bridgehead atoms. The summed E-state index contributed by atoms with van der Waals surface area (Å²) in [6, 6.07) is -0.975. The first-order valence-corrected chi connectivity index (χ1v) is 10.5. The van der Waals surface area contributed by atoms with Crippen LogP contribution in [-0.4, -0.2) is 71.7 Å². The molecule has 136 valence electrons. The number of sulfone groups is 1. The molecule has 0 spiro atoms. The number of aromatic nitrogens is 1. The summed E-state index contributed by atoms with van der Waals surface area (Å²) in [7, 11) is -3.28. The van der Waals surface area contributed by atoms with Crippen LogP contribution in [0.2, 0.25) is 0 Å². The summed E-state index contributed by atoms with van der Waals surface area (Å²) in [4.78, 5) is 32.5. The van der Waals surface area contributed by atoms with Crippen molar-refractivity contribution in [1.29, 1.82) is 0 Å². The smallest absolute Gasteiger partial charge is 0.276 e. The maximum atomic E-state index is 13.0. The normalized spacial score (nSPS) is 28.0. The van der Waals surface area contributed by atoms with Gasteiger partial charge in [0, 0.05) is 25.4 Å². The largest absolute Gasteiger partial charge is 0.447 e. The van der Waals surface area contributed by atoms with E-state index in [1.807, 2.05) is 0 Å². The molecule has 25 heavy (non-hydrogen) atoms. The number of nitrogens with zero attached hydrogens (tertiary/aromatic N) is 3. The van der Waals surface area contributed by atoms with E-state index in [0.29, 0.717) is 31.0 Å². The third kappa shape index (κ3) is 2.84. The predicted molar refractivity (Wildman–Crippen MR) is 87.7 cm³/mol. The molecule has 1 aromatic heterocycles. The average Bonchev–Trinajstić information content (AvgIpc) is 3.20. The Morgan fingerprint density at radius 1 is 1.20 bits per heavy atom. The second kappa shape index (κ2) is 5.82. The van der Waals surface area contributed by atoms with Gasteiger partial charge in [-0.3, -0.25) is 9.59 Å². The van der Waals surface area contributed by atoms with Gasteiger partial charge in [0.25, 0.3) is 5.91 Å². The molecule has 3 heterocycles. The van der Waals surface area contributed by atoms with Crippen molar-refractivity contribution >= 4 is 21.7 Å². The van der Waals surface area contributed by atoms with Crippen LogP contribution in [0.5, 0.6) is 0 Å². The molecule has 1 aliphatic carbocycles. The lowest BCUT2D eigenvalue weighted by molar-refractivity contribution is -0.135. The third-order valence-corrected chi connectivity index (χ3v) is 7.00. The SMILES string of the molecule is CCC(=O)N1CCN(C(=O)c2ncoc2C2CC2)[C@@H]2CS(=O)(=O)C[C@@H]21. The van der Waals surface area contributed by atoms with Crippen LogP contribution in [0.25, 0.3) is 0 Å². The Labute approximate surface area is 146 Å². The number of carbonyl (C=O) groups is 2. The first kappa shape index (κ1) is 16.6. The zero-order chi connectivity index (χ0) is 17.8. The molecule has 0 aromatic carbocycles. The van der Waals surface area contributed by atoms with Crippen LogP contribution in [0.3, 0.4) is 0 Å². The standard InChI is InChI=1S/C16H21N3O5S/c1-2-13(20)18-5-6-19(12-8-25(22,23)7-11(12)18)16(21)14-15(10-3-4-10)24-9-17-14/h9-12H,2-8H2,1H3/t11-,12+/m0/s1. The van der Waals surface area contributed by atoms with Crippen molar-refractivity contribution in [2.75, 3.05) is 24.6 Å². The fourth-order valence-corrected chi connectivity index (χ4v) is 5.89. The minimum atomic E-state index is -3.28. The molecular formula is C16H21N3O5S. The molecule has 0 N–H and O–H groups in total. The van der Waals surface area contributed by atoms with E-state index < -0.39 is 21.9 Å². The Morgan fingerprint density at radius 3 is 2.48 bits per heavy atom. The van der Waals surface area contributed by atoms with Gasteiger partial charge in [0.2, 0.25) is 5.91 Å². The molecule has 2 atom stereocenters. The van der Waals surface area contributed by atoms with Crippen LogP contribution < -0.4 is 0 Å². The highest BCUT2D eigenvalue weighted by Gasteiger charge is 2.50. The lowest BCUT2D eigenvalue weighted by Crippen LogP contribution is -2.62. The Kier molecular flexibility index (Phi) is 3.86. The lowest BCUT2D eigenvalue weighted by atomic mass is 10.0. The fourth-order valence-electron chi connectivity index (χ4n) is 3.90. The topological polar surface area (TPSA) is 101 Å². The van der Waals surface area contributed by atoms with E-state index in [9.17, 15) is 18.0 Å². The Hall–Kier alpha value is -1.90. The maximum Gasteiger partial charge on any atom is 0.276 e. The van der Waals surface area contributed by atoms with E-state index >= 15 is 0 Å². The van der Waals surface area contributed by atoms with Gasteiger partial charge in [-0.15, -0.1) is 0 Å². The Bertz CT molecular complexity index is 813. The Morgan fingerprint density at radius 2 is 1.84 bits per heavy atom. The molecule has 4 rings (SSSR count). The van der Waals surface area contributed by atoms with E-state index in [4.69, 9.17) is 4.42 Å². The Balaban J connectivity index is 1.63. The second-order valence-corrected chi connectivity index (χ2v) is 9.14. The molecule has 9 heteroatoms. The van der Waals surface area contributed by atoms with Crippen molar-refractivity contribution in [1.82, 2.24) is 14.8 Å².